The lowest BCUT2D eigenvalue weighted by molar-refractivity contribution is -0.143. The number of carbonyl (C=O) groups is 2. The van der Waals surface area contributed by atoms with Crippen molar-refractivity contribution in [2.75, 3.05) is 0 Å². The Morgan fingerprint density at radius 1 is 1.08 bits per heavy atom. The summed E-state index contributed by atoms with van der Waals surface area (Å²) in [7, 11) is 0. The number of nitrogens with one attached hydrogen (secondary N) is 1. The van der Waals surface area contributed by atoms with Gasteiger partial charge in [0, 0.05) is 6.42 Å². The molecule has 2 amide bonds. The molecule has 0 aliphatic heterocycles. The van der Waals surface area contributed by atoms with Crippen LogP contribution in [0.5, 0.6) is 0 Å². The second kappa shape index (κ2) is 7.46. The lowest BCUT2D eigenvalue weighted by atomic mass is 10.0. The van der Waals surface area contributed by atoms with Gasteiger partial charge < -0.3 is 11.1 Å². The van der Waals surface area contributed by atoms with Crippen LogP contribution in [0.2, 0.25) is 0 Å². The largest absolute Gasteiger partial charge is 0.416 e. The van der Waals surface area contributed by atoms with E-state index in [9.17, 15) is 35.9 Å². The Labute approximate surface area is 138 Å². The second-order valence-corrected chi connectivity index (χ2v) is 5.02. The summed E-state index contributed by atoms with van der Waals surface area (Å²) in [4.78, 5) is 22.8. The van der Waals surface area contributed by atoms with E-state index in [4.69, 9.17) is 12.2 Å². The highest BCUT2D eigenvalue weighted by atomic mass is 19.4. The molecule has 0 saturated carbocycles. The number of benzene rings is 1. The van der Waals surface area contributed by atoms with E-state index in [2.05, 4.69) is 11.2 Å². The van der Waals surface area contributed by atoms with Gasteiger partial charge in [0.15, 0.2) is 0 Å². The molecule has 1 aromatic rings. The number of hydrogen-bond acceptors (Lipinski definition) is 2. The number of primary amides is 1. The summed E-state index contributed by atoms with van der Waals surface area (Å²) in [6.45, 7) is 0. The fraction of sp³-hybridized carbons (Fsp3) is 0.333. The van der Waals surface area contributed by atoms with E-state index in [0.29, 0.717) is 12.1 Å². The molecule has 4 nitrogen and oxygen atoms in total. The van der Waals surface area contributed by atoms with Crippen LogP contribution < -0.4 is 11.1 Å². The number of rotatable bonds is 5. The standard InChI is InChI=1S/C15H12F6N2O2/c1-2-3-11(13(22)25)23-12(24)6-8-4-9(14(16,17)18)7-10(5-8)15(19,20)21/h1,4-5,7,11H,3,6H2,(H2,22,25)(H,23,24)/t11-/m0/s1. The molecule has 25 heavy (non-hydrogen) atoms. The van der Waals surface area contributed by atoms with Gasteiger partial charge in [0.2, 0.25) is 11.8 Å². The lowest BCUT2D eigenvalue weighted by Gasteiger charge is -2.15. The molecule has 136 valence electrons. The van der Waals surface area contributed by atoms with E-state index in [-0.39, 0.29) is 12.5 Å². The van der Waals surface area contributed by atoms with Gasteiger partial charge in [-0.15, -0.1) is 12.3 Å². The molecule has 1 rings (SSSR count). The zero-order chi connectivity index (χ0) is 19.4. The van der Waals surface area contributed by atoms with Crippen LogP contribution in [0.1, 0.15) is 23.1 Å². The third-order valence-corrected chi connectivity index (χ3v) is 3.01. The topological polar surface area (TPSA) is 72.2 Å². The first-order valence-electron chi connectivity index (χ1n) is 6.65. The van der Waals surface area contributed by atoms with Gasteiger partial charge in [0.05, 0.1) is 17.5 Å². The van der Waals surface area contributed by atoms with Gasteiger partial charge >= 0.3 is 12.4 Å². The Morgan fingerprint density at radius 2 is 1.56 bits per heavy atom. The molecule has 0 unspecified atom stereocenters. The van der Waals surface area contributed by atoms with Crippen molar-refractivity contribution in [1.29, 1.82) is 0 Å². The molecule has 10 heteroatoms. The summed E-state index contributed by atoms with van der Waals surface area (Å²) in [5, 5.41) is 2.06. The van der Waals surface area contributed by atoms with Crippen LogP contribution in [0.15, 0.2) is 18.2 Å². The Hall–Kier alpha value is -2.70. The van der Waals surface area contributed by atoms with Gasteiger partial charge in [-0.3, -0.25) is 9.59 Å². The molecule has 0 fully saturated rings. The zero-order valence-corrected chi connectivity index (χ0v) is 12.5. The minimum absolute atomic E-state index is 0.0496. The van der Waals surface area contributed by atoms with Crippen molar-refractivity contribution < 1.29 is 35.9 Å². The van der Waals surface area contributed by atoms with Crippen molar-refractivity contribution in [3.05, 3.63) is 34.9 Å². The maximum atomic E-state index is 12.7. The molecule has 3 N–H and O–H groups in total. The summed E-state index contributed by atoms with van der Waals surface area (Å²) in [6.07, 6.45) is -6.16. The molecule has 0 spiro atoms. The highest BCUT2D eigenvalue weighted by Crippen LogP contribution is 2.36. The van der Waals surface area contributed by atoms with E-state index in [1.54, 1.807) is 0 Å². The second-order valence-electron chi connectivity index (χ2n) is 5.02. The van der Waals surface area contributed by atoms with Gasteiger partial charge in [0.1, 0.15) is 6.04 Å². The number of terminal acetylenes is 1. The Morgan fingerprint density at radius 3 is 1.92 bits per heavy atom. The first kappa shape index (κ1) is 20.3. The van der Waals surface area contributed by atoms with Crippen molar-refractivity contribution in [2.24, 2.45) is 5.73 Å². The van der Waals surface area contributed by atoms with Crippen molar-refractivity contribution in [2.45, 2.75) is 31.2 Å². The monoisotopic (exact) mass is 366 g/mol. The van der Waals surface area contributed by atoms with Gasteiger partial charge in [-0.2, -0.15) is 26.3 Å². The van der Waals surface area contributed by atoms with Gasteiger partial charge in [-0.05, 0) is 23.8 Å². The number of amides is 2. The molecule has 1 atom stereocenters. The summed E-state index contributed by atoms with van der Waals surface area (Å²) < 4.78 is 76.4. The molecular weight excluding hydrogens is 354 g/mol. The van der Waals surface area contributed by atoms with E-state index in [1.165, 1.54) is 0 Å². The molecule has 0 aliphatic carbocycles. The highest BCUT2D eigenvalue weighted by Gasteiger charge is 2.37. The van der Waals surface area contributed by atoms with Crippen molar-refractivity contribution in [1.82, 2.24) is 5.32 Å². The lowest BCUT2D eigenvalue weighted by Crippen LogP contribution is -2.44. The van der Waals surface area contributed by atoms with Crippen LogP contribution in [-0.2, 0) is 28.4 Å². The van der Waals surface area contributed by atoms with Crippen LogP contribution in [0.3, 0.4) is 0 Å². The van der Waals surface area contributed by atoms with Crippen LogP contribution >= 0.6 is 0 Å². The molecule has 0 aliphatic rings. The van der Waals surface area contributed by atoms with Crippen molar-refractivity contribution >= 4 is 11.8 Å². The molecule has 1 aromatic carbocycles. The van der Waals surface area contributed by atoms with E-state index in [1.807, 2.05) is 0 Å². The molecule has 0 saturated heterocycles. The molecule has 0 radical (unpaired) electrons. The van der Waals surface area contributed by atoms with Crippen LogP contribution in [0.25, 0.3) is 0 Å². The van der Waals surface area contributed by atoms with Gasteiger partial charge in [-0.1, -0.05) is 0 Å². The fourth-order valence-corrected chi connectivity index (χ4v) is 1.89. The number of alkyl halides is 6. The molecule has 0 aromatic heterocycles. The molecule has 0 heterocycles. The quantitative estimate of drug-likeness (QED) is 0.620. The maximum absolute atomic E-state index is 12.7. The van der Waals surface area contributed by atoms with Crippen LogP contribution in [0, 0.1) is 12.3 Å². The first-order chi connectivity index (χ1) is 11.3. The zero-order valence-electron chi connectivity index (χ0n) is 12.5. The average Bonchev–Trinajstić information content (AvgIpc) is 2.44. The highest BCUT2D eigenvalue weighted by molar-refractivity contribution is 5.87. The van der Waals surface area contributed by atoms with E-state index >= 15 is 0 Å². The average molecular weight is 366 g/mol. The maximum Gasteiger partial charge on any atom is 0.416 e. The first-order valence-corrected chi connectivity index (χ1v) is 6.65. The summed E-state index contributed by atoms with van der Waals surface area (Å²) in [6, 6.07) is -0.471. The SMILES string of the molecule is C#CC[C@H](NC(=O)Cc1cc(C(F)(F)F)cc(C(F)(F)F)c1)C(N)=O. The fourth-order valence-electron chi connectivity index (χ4n) is 1.89. The Bertz CT molecular complexity index is 671. The third-order valence-electron chi connectivity index (χ3n) is 3.01. The predicted octanol–water partition coefficient (Wildman–Crippen LogP) is 2.26. The normalized spacial score (nSPS) is 13.0. The minimum atomic E-state index is -5.02. The Kier molecular flexibility index (Phi) is 6.07. The van der Waals surface area contributed by atoms with Crippen LogP contribution in [0.4, 0.5) is 26.3 Å². The summed E-state index contributed by atoms with van der Waals surface area (Å²) in [5.74, 6) is 0.0891. The minimum Gasteiger partial charge on any atom is -0.368 e. The molecular formula is C15H12F6N2O2. The van der Waals surface area contributed by atoms with E-state index < -0.39 is 53.3 Å². The Balaban J connectivity index is 3.10. The number of halogens is 6. The smallest absolute Gasteiger partial charge is 0.368 e. The number of hydrogen-bond donors (Lipinski definition) is 2. The van der Waals surface area contributed by atoms with Crippen molar-refractivity contribution in [3.63, 3.8) is 0 Å². The van der Waals surface area contributed by atoms with Crippen LogP contribution in [-0.4, -0.2) is 17.9 Å². The third kappa shape index (κ3) is 6.02. The summed E-state index contributed by atoms with van der Waals surface area (Å²) >= 11 is 0. The summed E-state index contributed by atoms with van der Waals surface area (Å²) in [5.41, 5.74) is 1.37. The number of nitrogens with two attached hydrogens (primary N) is 1. The molecule has 0 bridgehead atoms. The predicted molar refractivity (Wildman–Crippen MR) is 74.7 cm³/mol. The van der Waals surface area contributed by atoms with E-state index in [0.717, 1.165) is 0 Å². The number of carbonyl (C=O) groups excluding carboxylic acids is 2. The van der Waals surface area contributed by atoms with Gasteiger partial charge in [0.25, 0.3) is 0 Å². The van der Waals surface area contributed by atoms with Gasteiger partial charge in [-0.25, -0.2) is 0 Å². The van der Waals surface area contributed by atoms with Crippen molar-refractivity contribution in [3.8, 4) is 12.3 Å².